The van der Waals surface area contributed by atoms with Crippen molar-refractivity contribution in [1.29, 1.82) is 0 Å². The number of hydrogen-bond acceptors (Lipinski definition) is 3. The van der Waals surface area contributed by atoms with E-state index in [-0.39, 0.29) is 0 Å². The predicted octanol–water partition coefficient (Wildman–Crippen LogP) is 2.97. The molecule has 0 spiro atoms. The average molecular weight is 293 g/mol. The summed E-state index contributed by atoms with van der Waals surface area (Å²) in [5.74, 6) is 0. The fourth-order valence-electron chi connectivity index (χ4n) is 2.12. The summed E-state index contributed by atoms with van der Waals surface area (Å²) in [5.41, 5.74) is -4.49. The third-order valence-electron chi connectivity index (χ3n) is 3.17. The Kier molecular flexibility index (Phi) is 3.75. The summed E-state index contributed by atoms with van der Waals surface area (Å²) in [7, 11) is -5.24. The number of sulfone groups is 1. The molecule has 3 nitrogen and oxygen atoms in total. The molecule has 2 rings (SSSR count). The number of anilines is 1. The van der Waals surface area contributed by atoms with Crippen LogP contribution >= 0.6 is 0 Å². The normalized spacial score (nSPS) is 17.5. The van der Waals surface area contributed by atoms with Gasteiger partial charge in [0, 0.05) is 18.8 Å². The highest BCUT2D eigenvalue weighted by molar-refractivity contribution is 7.92. The van der Waals surface area contributed by atoms with E-state index >= 15 is 0 Å². The Morgan fingerprint density at radius 1 is 0.947 bits per heavy atom. The third-order valence-corrected chi connectivity index (χ3v) is 4.68. The molecule has 0 bridgehead atoms. The van der Waals surface area contributed by atoms with Crippen molar-refractivity contribution in [2.45, 2.75) is 29.7 Å². The van der Waals surface area contributed by atoms with Gasteiger partial charge in [0.2, 0.25) is 0 Å². The van der Waals surface area contributed by atoms with Crippen molar-refractivity contribution in [1.82, 2.24) is 0 Å². The number of nitrogens with zero attached hydrogens (tertiary/aromatic N) is 1. The van der Waals surface area contributed by atoms with Gasteiger partial charge in [0.1, 0.15) is 0 Å². The van der Waals surface area contributed by atoms with Gasteiger partial charge in [-0.2, -0.15) is 13.2 Å². The molecule has 0 N–H and O–H groups in total. The van der Waals surface area contributed by atoms with Crippen molar-refractivity contribution >= 4 is 15.5 Å². The van der Waals surface area contributed by atoms with Crippen molar-refractivity contribution < 1.29 is 21.6 Å². The van der Waals surface area contributed by atoms with Gasteiger partial charge in [-0.05, 0) is 43.5 Å². The van der Waals surface area contributed by atoms with Gasteiger partial charge in [0.05, 0.1) is 4.90 Å². The minimum absolute atomic E-state index is 0.708. The standard InChI is InChI=1S/C12H14F3NO2S/c13-12(14,15)19(17,18)11-6-4-10(5-7-11)16-8-2-1-3-9-16/h4-7H,1-3,8-9H2. The third kappa shape index (κ3) is 2.86. The molecule has 1 fully saturated rings. The Bertz CT molecular complexity index is 531. The molecule has 1 aliphatic rings. The highest BCUT2D eigenvalue weighted by atomic mass is 32.2. The summed E-state index contributed by atoms with van der Waals surface area (Å²) in [6.45, 7) is 1.71. The molecule has 0 unspecified atom stereocenters. The van der Waals surface area contributed by atoms with Gasteiger partial charge >= 0.3 is 5.51 Å². The molecular formula is C12H14F3NO2S. The molecule has 0 saturated carbocycles. The molecular weight excluding hydrogens is 279 g/mol. The number of halogens is 3. The minimum Gasteiger partial charge on any atom is -0.372 e. The molecule has 1 aromatic rings. The number of alkyl halides is 3. The van der Waals surface area contributed by atoms with E-state index in [0.29, 0.717) is 0 Å². The zero-order valence-electron chi connectivity index (χ0n) is 10.2. The van der Waals surface area contributed by atoms with E-state index in [4.69, 9.17) is 0 Å². The van der Waals surface area contributed by atoms with Crippen molar-refractivity contribution in [3.63, 3.8) is 0 Å². The van der Waals surface area contributed by atoms with Crippen LogP contribution in [0, 0.1) is 0 Å². The van der Waals surface area contributed by atoms with Crippen LogP contribution in [-0.2, 0) is 9.84 Å². The highest BCUT2D eigenvalue weighted by Crippen LogP contribution is 2.31. The van der Waals surface area contributed by atoms with Gasteiger partial charge in [0.15, 0.2) is 0 Å². The molecule has 1 heterocycles. The Labute approximate surface area is 109 Å². The van der Waals surface area contributed by atoms with Crippen LogP contribution in [0.2, 0.25) is 0 Å². The molecule has 19 heavy (non-hydrogen) atoms. The SMILES string of the molecule is O=S(=O)(c1ccc(N2CCCCC2)cc1)C(F)(F)F. The highest BCUT2D eigenvalue weighted by Gasteiger charge is 2.46. The summed E-state index contributed by atoms with van der Waals surface area (Å²) in [6, 6.07) is 4.91. The van der Waals surface area contributed by atoms with Gasteiger partial charge in [-0.25, -0.2) is 8.42 Å². The van der Waals surface area contributed by atoms with Gasteiger partial charge in [-0.3, -0.25) is 0 Å². The van der Waals surface area contributed by atoms with Crippen LogP contribution < -0.4 is 4.90 Å². The van der Waals surface area contributed by atoms with Crippen LogP contribution in [0.15, 0.2) is 29.2 Å². The second kappa shape index (κ2) is 5.03. The van der Waals surface area contributed by atoms with Crippen molar-refractivity contribution in [2.75, 3.05) is 18.0 Å². The van der Waals surface area contributed by atoms with E-state index in [1.807, 2.05) is 4.90 Å². The minimum atomic E-state index is -5.25. The molecule has 1 aromatic carbocycles. The molecule has 106 valence electrons. The van der Waals surface area contributed by atoms with Crippen LogP contribution in [0.25, 0.3) is 0 Å². The molecule has 1 saturated heterocycles. The smallest absolute Gasteiger partial charge is 0.372 e. The van der Waals surface area contributed by atoms with E-state index in [0.717, 1.165) is 50.2 Å². The maximum absolute atomic E-state index is 12.4. The largest absolute Gasteiger partial charge is 0.501 e. The van der Waals surface area contributed by atoms with E-state index in [2.05, 4.69) is 0 Å². The Morgan fingerprint density at radius 2 is 1.47 bits per heavy atom. The average Bonchev–Trinajstić information content (AvgIpc) is 2.39. The van der Waals surface area contributed by atoms with E-state index < -0.39 is 20.2 Å². The zero-order chi connectivity index (χ0) is 14.1. The predicted molar refractivity (Wildman–Crippen MR) is 65.7 cm³/mol. The second-order valence-electron chi connectivity index (χ2n) is 4.49. The van der Waals surface area contributed by atoms with Crippen molar-refractivity contribution in [3.8, 4) is 0 Å². The van der Waals surface area contributed by atoms with Crippen LogP contribution in [0.4, 0.5) is 18.9 Å². The molecule has 0 radical (unpaired) electrons. The van der Waals surface area contributed by atoms with Gasteiger partial charge < -0.3 is 4.90 Å². The molecule has 0 aromatic heterocycles. The first-order valence-corrected chi connectivity index (χ1v) is 7.47. The Hall–Kier alpha value is -1.24. The maximum atomic E-state index is 12.4. The molecule has 7 heteroatoms. The monoisotopic (exact) mass is 293 g/mol. The summed E-state index contributed by atoms with van der Waals surface area (Å²) in [5, 5.41) is 0. The lowest BCUT2D eigenvalue weighted by Gasteiger charge is -2.28. The molecule has 0 atom stereocenters. The first kappa shape index (κ1) is 14.2. The zero-order valence-corrected chi connectivity index (χ0v) is 11.0. The van der Waals surface area contributed by atoms with Gasteiger partial charge in [-0.1, -0.05) is 0 Å². The summed E-state index contributed by atoms with van der Waals surface area (Å²) < 4.78 is 59.5. The van der Waals surface area contributed by atoms with Crippen LogP contribution in [0.3, 0.4) is 0 Å². The van der Waals surface area contributed by atoms with E-state index in [1.165, 1.54) is 12.1 Å². The fraction of sp³-hybridized carbons (Fsp3) is 0.500. The summed E-state index contributed by atoms with van der Waals surface area (Å²) >= 11 is 0. The van der Waals surface area contributed by atoms with Crippen LogP contribution in [-0.4, -0.2) is 27.0 Å². The van der Waals surface area contributed by atoms with E-state index in [1.54, 1.807) is 0 Å². The Morgan fingerprint density at radius 3 is 1.95 bits per heavy atom. The number of hydrogen-bond donors (Lipinski definition) is 0. The van der Waals surface area contributed by atoms with Gasteiger partial charge in [0.25, 0.3) is 9.84 Å². The fourth-order valence-corrected chi connectivity index (χ4v) is 2.88. The first-order valence-electron chi connectivity index (χ1n) is 5.99. The topological polar surface area (TPSA) is 37.4 Å². The van der Waals surface area contributed by atoms with Crippen LogP contribution in [0.1, 0.15) is 19.3 Å². The van der Waals surface area contributed by atoms with Crippen molar-refractivity contribution in [2.24, 2.45) is 0 Å². The quantitative estimate of drug-likeness (QED) is 0.841. The lowest BCUT2D eigenvalue weighted by molar-refractivity contribution is -0.0436. The van der Waals surface area contributed by atoms with E-state index in [9.17, 15) is 21.6 Å². The number of piperidine rings is 1. The maximum Gasteiger partial charge on any atom is 0.501 e. The summed E-state index contributed by atoms with van der Waals surface area (Å²) in [6.07, 6.45) is 3.24. The lowest BCUT2D eigenvalue weighted by atomic mass is 10.1. The molecule has 0 aliphatic carbocycles. The number of benzene rings is 1. The first-order chi connectivity index (χ1) is 8.82. The van der Waals surface area contributed by atoms with Crippen molar-refractivity contribution in [3.05, 3.63) is 24.3 Å². The lowest BCUT2D eigenvalue weighted by Crippen LogP contribution is -2.29. The molecule has 0 amide bonds. The van der Waals surface area contributed by atoms with Gasteiger partial charge in [-0.15, -0.1) is 0 Å². The summed E-state index contributed by atoms with van der Waals surface area (Å²) in [4.78, 5) is 1.34. The second-order valence-corrected chi connectivity index (χ2v) is 6.43. The Balaban J connectivity index is 2.23. The number of rotatable bonds is 2. The molecule has 1 aliphatic heterocycles. The van der Waals surface area contributed by atoms with Crippen LogP contribution in [0.5, 0.6) is 0 Å².